The smallest absolute Gasteiger partial charge is 0.0635 e. The number of nitrogens with one attached hydrogen (secondary N) is 1. The first-order chi connectivity index (χ1) is 8.24. The predicted molar refractivity (Wildman–Crippen MR) is 74.2 cm³/mol. The monoisotopic (exact) mass is 299 g/mol. The number of nitrogens with zero attached hydrogens (tertiary/aromatic N) is 2. The molecule has 0 saturated heterocycles. The Morgan fingerprint density at radius 3 is 2.88 bits per heavy atom. The molecule has 0 radical (unpaired) electrons. The van der Waals surface area contributed by atoms with Gasteiger partial charge in [-0.3, -0.25) is 4.68 Å². The summed E-state index contributed by atoms with van der Waals surface area (Å²) in [6, 6.07) is 0.621. The quantitative estimate of drug-likeness (QED) is 0.925. The van der Waals surface area contributed by atoms with E-state index >= 15 is 0 Å². The molecule has 0 bridgehead atoms. The van der Waals surface area contributed by atoms with Crippen LogP contribution >= 0.6 is 15.9 Å². The Kier molecular flexibility index (Phi) is 4.62. The maximum Gasteiger partial charge on any atom is 0.0635 e. The van der Waals surface area contributed by atoms with Crippen LogP contribution in [-0.4, -0.2) is 22.4 Å². The number of hydrogen-bond acceptors (Lipinski definition) is 2. The van der Waals surface area contributed by atoms with Crippen molar-refractivity contribution in [3.8, 4) is 0 Å². The van der Waals surface area contributed by atoms with Gasteiger partial charge < -0.3 is 5.32 Å². The molecule has 2 unspecified atom stereocenters. The minimum Gasteiger partial charge on any atom is -0.313 e. The van der Waals surface area contributed by atoms with Gasteiger partial charge in [0.25, 0.3) is 0 Å². The highest BCUT2D eigenvalue weighted by atomic mass is 79.9. The average Bonchev–Trinajstić information content (AvgIpc) is 2.67. The van der Waals surface area contributed by atoms with Crippen molar-refractivity contribution >= 4 is 15.9 Å². The third-order valence-corrected chi connectivity index (χ3v) is 4.32. The van der Waals surface area contributed by atoms with Crippen LogP contribution in [0.25, 0.3) is 0 Å². The van der Waals surface area contributed by atoms with Crippen molar-refractivity contribution in [1.29, 1.82) is 0 Å². The lowest BCUT2D eigenvalue weighted by molar-refractivity contribution is 0.317. The maximum atomic E-state index is 4.35. The Labute approximate surface area is 112 Å². The number of aryl methyl sites for hydroxylation is 1. The second-order valence-electron chi connectivity index (χ2n) is 4.95. The van der Waals surface area contributed by atoms with Crippen molar-refractivity contribution in [2.45, 2.75) is 51.0 Å². The number of halogens is 1. The van der Waals surface area contributed by atoms with E-state index in [9.17, 15) is 0 Å². The van der Waals surface area contributed by atoms with E-state index in [4.69, 9.17) is 0 Å². The van der Waals surface area contributed by atoms with E-state index < -0.39 is 0 Å². The second-order valence-corrected chi connectivity index (χ2v) is 5.81. The second kappa shape index (κ2) is 6.01. The standard InChI is InChI=1S/C13H22BrN3/c1-3-8-15-12-7-5-4-6-10(12)13-11(14)9-16-17(13)2/h9-10,12,15H,3-8H2,1-2H3. The minimum atomic E-state index is 0.608. The van der Waals surface area contributed by atoms with Gasteiger partial charge in [0.05, 0.1) is 16.4 Å². The summed E-state index contributed by atoms with van der Waals surface area (Å²) in [6.45, 7) is 3.35. The lowest BCUT2D eigenvalue weighted by atomic mass is 9.82. The van der Waals surface area contributed by atoms with Crippen LogP contribution in [0.4, 0.5) is 0 Å². The minimum absolute atomic E-state index is 0.608. The van der Waals surface area contributed by atoms with E-state index in [1.54, 1.807) is 0 Å². The van der Waals surface area contributed by atoms with Gasteiger partial charge in [0.1, 0.15) is 0 Å². The molecule has 1 saturated carbocycles. The van der Waals surface area contributed by atoms with Crippen molar-refractivity contribution in [2.75, 3.05) is 6.54 Å². The molecular formula is C13H22BrN3. The fourth-order valence-electron chi connectivity index (χ4n) is 2.87. The zero-order valence-electron chi connectivity index (χ0n) is 10.7. The number of hydrogen-bond donors (Lipinski definition) is 1. The van der Waals surface area contributed by atoms with Gasteiger partial charge in [-0.1, -0.05) is 19.8 Å². The van der Waals surface area contributed by atoms with E-state index in [0.29, 0.717) is 12.0 Å². The Morgan fingerprint density at radius 2 is 2.24 bits per heavy atom. The molecule has 2 rings (SSSR count). The summed E-state index contributed by atoms with van der Waals surface area (Å²) in [4.78, 5) is 0. The maximum absolute atomic E-state index is 4.35. The fraction of sp³-hybridized carbons (Fsp3) is 0.769. The van der Waals surface area contributed by atoms with Gasteiger partial charge in [0.2, 0.25) is 0 Å². The summed E-state index contributed by atoms with van der Waals surface area (Å²) in [5.41, 5.74) is 1.36. The van der Waals surface area contributed by atoms with Crippen molar-refractivity contribution in [2.24, 2.45) is 7.05 Å². The normalized spacial score (nSPS) is 25.1. The Balaban J connectivity index is 2.15. The summed E-state index contributed by atoms with van der Waals surface area (Å²) in [6.07, 6.45) is 8.39. The Bertz CT molecular complexity index is 342. The molecular weight excluding hydrogens is 278 g/mol. The molecule has 17 heavy (non-hydrogen) atoms. The summed E-state index contributed by atoms with van der Waals surface area (Å²) >= 11 is 3.64. The van der Waals surface area contributed by atoms with E-state index in [0.717, 1.165) is 11.0 Å². The molecule has 1 aliphatic carbocycles. The van der Waals surface area contributed by atoms with Crippen LogP contribution in [0.2, 0.25) is 0 Å². The molecule has 1 aromatic rings. The van der Waals surface area contributed by atoms with E-state index in [2.05, 4.69) is 33.3 Å². The van der Waals surface area contributed by atoms with Crippen LogP contribution in [0.3, 0.4) is 0 Å². The summed E-state index contributed by atoms with van der Waals surface area (Å²) in [7, 11) is 2.05. The van der Waals surface area contributed by atoms with Crippen LogP contribution in [0, 0.1) is 0 Å². The largest absolute Gasteiger partial charge is 0.313 e. The Morgan fingerprint density at radius 1 is 1.47 bits per heavy atom. The van der Waals surface area contributed by atoms with Crippen LogP contribution < -0.4 is 5.32 Å². The summed E-state index contributed by atoms with van der Waals surface area (Å²) < 4.78 is 3.19. The van der Waals surface area contributed by atoms with Crippen molar-refractivity contribution < 1.29 is 0 Å². The van der Waals surface area contributed by atoms with E-state index in [-0.39, 0.29) is 0 Å². The Hall–Kier alpha value is -0.350. The first-order valence-electron chi connectivity index (χ1n) is 6.64. The highest BCUT2D eigenvalue weighted by Gasteiger charge is 2.29. The van der Waals surface area contributed by atoms with Crippen molar-refractivity contribution in [1.82, 2.24) is 15.1 Å². The van der Waals surface area contributed by atoms with Gasteiger partial charge in [0, 0.05) is 19.0 Å². The highest BCUT2D eigenvalue weighted by molar-refractivity contribution is 9.10. The van der Waals surface area contributed by atoms with Crippen LogP contribution in [-0.2, 0) is 7.05 Å². The molecule has 1 N–H and O–H groups in total. The molecule has 1 fully saturated rings. The summed E-state index contributed by atoms with van der Waals surface area (Å²) in [5.74, 6) is 0.608. The van der Waals surface area contributed by atoms with Gasteiger partial charge >= 0.3 is 0 Å². The summed E-state index contributed by atoms with van der Waals surface area (Å²) in [5, 5.41) is 8.05. The fourth-order valence-corrected chi connectivity index (χ4v) is 3.51. The molecule has 0 amide bonds. The molecule has 1 aliphatic rings. The molecule has 3 nitrogen and oxygen atoms in total. The molecule has 1 aromatic heterocycles. The SMILES string of the molecule is CCCNC1CCCCC1c1c(Br)cnn1C. The molecule has 0 spiro atoms. The molecule has 96 valence electrons. The van der Waals surface area contributed by atoms with E-state index in [1.165, 1.54) is 37.8 Å². The lowest BCUT2D eigenvalue weighted by Crippen LogP contribution is -2.38. The first kappa shape index (κ1) is 13.1. The zero-order chi connectivity index (χ0) is 12.3. The lowest BCUT2D eigenvalue weighted by Gasteiger charge is -2.32. The van der Waals surface area contributed by atoms with E-state index in [1.807, 2.05) is 17.9 Å². The number of aromatic nitrogens is 2. The third kappa shape index (κ3) is 2.91. The molecule has 4 heteroatoms. The average molecular weight is 300 g/mol. The zero-order valence-corrected chi connectivity index (χ0v) is 12.3. The molecule has 0 aromatic carbocycles. The van der Waals surface area contributed by atoms with Crippen LogP contribution in [0.1, 0.15) is 50.6 Å². The van der Waals surface area contributed by atoms with Gasteiger partial charge in [0.15, 0.2) is 0 Å². The first-order valence-corrected chi connectivity index (χ1v) is 7.44. The predicted octanol–water partition coefficient (Wildman–Crippen LogP) is 3.21. The molecule has 0 aliphatic heterocycles. The van der Waals surface area contributed by atoms with Crippen molar-refractivity contribution in [3.63, 3.8) is 0 Å². The topological polar surface area (TPSA) is 29.9 Å². The third-order valence-electron chi connectivity index (χ3n) is 3.71. The number of rotatable bonds is 4. The molecule has 2 atom stereocenters. The van der Waals surface area contributed by atoms with Gasteiger partial charge in [-0.25, -0.2) is 0 Å². The van der Waals surface area contributed by atoms with Crippen LogP contribution in [0.5, 0.6) is 0 Å². The molecule has 1 heterocycles. The van der Waals surface area contributed by atoms with Gasteiger partial charge in [-0.2, -0.15) is 5.10 Å². The van der Waals surface area contributed by atoms with Crippen LogP contribution in [0.15, 0.2) is 10.7 Å². The highest BCUT2D eigenvalue weighted by Crippen LogP contribution is 2.36. The van der Waals surface area contributed by atoms with Gasteiger partial charge in [-0.15, -0.1) is 0 Å². The van der Waals surface area contributed by atoms with Gasteiger partial charge in [-0.05, 0) is 41.7 Å². The van der Waals surface area contributed by atoms with Crippen molar-refractivity contribution in [3.05, 3.63) is 16.4 Å².